The van der Waals surface area contributed by atoms with E-state index in [1.807, 2.05) is 0 Å². The molecule has 0 spiro atoms. The summed E-state index contributed by atoms with van der Waals surface area (Å²) in [4.78, 5) is 0. The number of anilines is 1. The van der Waals surface area contributed by atoms with Crippen LogP contribution in [-0.2, 0) is 13.0 Å². The summed E-state index contributed by atoms with van der Waals surface area (Å²) in [5, 5.41) is 17.3. The van der Waals surface area contributed by atoms with Gasteiger partial charge < -0.3 is 15.7 Å². The average molecular weight is 260 g/mol. The van der Waals surface area contributed by atoms with Crippen molar-refractivity contribution in [3.05, 3.63) is 29.3 Å². The van der Waals surface area contributed by atoms with Gasteiger partial charge in [0.2, 0.25) is 0 Å². The van der Waals surface area contributed by atoms with Crippen LogP contribution in [0, 0.1) is 0 Å². The first-order valence-electron chi connectivity index (χ1n) is 7.55. The second-order valence-electron chi connectivity index (χ2n) is 6.02. The van der Waals surface area contributed by atoms with Crippen molar-refractivity contribution in [2.75, 3.05) is 18.4 Å². The Morgan fingerprint density at radius 1 is 1.21 bits per heavy atom. The minimum absolute atomic E-state index is 0.456. The van der Waals surface area contributed by atoms with E-state index in [0.717, 1.165) is 32.5 Å². The third kappa shape index (κ3) is 2.93. The first-order chi connectivity index (χ1) is 9.27. The second-order valence-corrected chi connectivity index (χ2v) is 6.02. The Hall–Kier alpha value is -1.06. The summed E-state index contributed by atoms with van der Waals surface area (Å²) in [6.45, 7) is 2.64. The van der Waals surface area contributed by atoms with E-state index < -0.39 is 5.60 Å². The van der Waals surface area contributed by atoms with Crippen molar-refractivity contribution >= 4 is 5.69 Å². The molecule has 1 aromatic rings. The Bertz CT molecular complexity index is 438. The van der Waals surface area contributed by atoms with Gasteiger partial charge in [-0.15, -0.1) is 0 Å². The SMILES string of the molecule is OC1(CNCc2cccc3c2NCCC3)CCCC1. The number of nitrogens with one attached hydrogen (secondary N) is 2. The number of hydrogen-bond donors (Lipinski definition) is 3. The number of aryl methyl sites for hydroxylation is 1. The molecule has 1 heterocycles. The van der Waals surface area contributed by atoms with Crippen LogP contribution in [-0.4, -0.2) is 23.8 Å². The highest BCUT2D eigenvalue weighted by Gasteiger charge is 2.30. The summed E-state index contributed by atoms with van der Waals surface area (Å²) < 4.78 is 0. The molecule has 3 N–H and O–H groups in total. The lowest BCUT2D eigenvalue weighted by molar-refractivity contribution is 0.0475. The molecule has 0 aromatic heterocycles. The molecule has 1 aliphatic carbocycles. The van der Waals surface area contributed by atoms with Gasteiger partial charge in [0.15, 0.2) is 0 Å². The molecule has 0 radical (unpaired) electrons. The van der Waals surface area contributed by atoms with Crippen LogP contribution in [0.4, 0.5) is 5.69 Å². The molecule has 0 amide bonds. The highest BCUT2D eigenvalue weighted by Crippen LogP contribution is 2.29. The van der Waals surface area contributed by atoms with Crippen molar-refractivity contribution < 1.29 is 5.11 Å². The largest absolute Gasteiger partial charge is 0.389 e. The maximum Gasteiger partial charge on any atom is 0.0771 e. The Morgan fingerprint density at radius 2 is 2.05 bits per heavy atom. The van der Waals surface area contributed by atoms with Crippen LogP contribution in [0.2, 0.25) is 0 Å². The van der Waals surface area contributed by atoms with E-state index in [1.165, 1.54) is 42.5 Å². The van der Waals surface area contributed by atoms with Gasteiger partial charge in [-0.25, -0.2) is 0 Å². The van der Waals surface area contributed by atoms with Crippen LogP contribution in [0.25, 0.3) is 0 Å². The van der Waals surface area contributed by atoms with Crippen LogP contribution in [0.5, 0.6) is 0 Å². The van der Waals surface area contributed by atoms with Gasteiger partial charge in [0.1, 0.15) is 0 Å². The molecule has 104 valence electrons. The molecule has 1 aliphatic heterocycles. The third-order valence-corrected chi connectivity index (χ3v) is 4.47. The monoisotopic (exact) mass is 260 g/mol. The Labute approximate surface area is 115 Å². The normalized spacial score (nSPS) is 20.9. The van der Waals surface area contributed by atoms with Crippen LogP contribution in [0.1, 0.15) is 43.2 Å². The summed E-state index contributed by atoms with van der Waals surface area (Å²) in [6.07, 6.45) is 6.64. The standard InChI is InChI=1S/C16H24N2O/c19-16(8-1-2-9-16)12-17-11-14-6-3-5-13-7-4-10-18-15(13)14/h3,5-6,17-19H,1-2,4,7-12H2. The molecule has 1 aromatic carbocycles. The highest BCUT2D eigenvalue weighted by atomic mass is 16.3. The Kier molecular flexibility index (Phi) is 3.76. The number of hydrogen-bond acceptors (Lipinski definition) is 3. The summed E-state index contributed by atoms with van der Waals surface area (Å²) in [5.74, 6) is 0. The minimum Gasteiger partial charge on any atom is -0.389 e. The highest BCUT2D eigenvalue weighted by molar-refractivity contribution is 5.59. The molecular weight excluding hydrogens is 236 g/mol. The van der Waals surface area contributed by atoms with Gasteiger partial charge in [-0.05, 0) is 36.8 Å². The zero-order chi connectivity index (χ0) is 13.1. The van der Waals surface area contributed by atoms with E-state index in [4.69, 9.17) is 0 Å². The van der Waals surface area contributed by atoms with Crippen molar-refractivity contribution in [2.45, 2.75) is 50.7 Å². The molecule has 0 unspecified atom stereocenters. The predicted molar refractivity (Wildman–Crippen MR) is 78.4 cm³/mol. The molecule has 3 nitrogen and oxygen atoms in total. The summed E-state index contributed by atoms with van der Waals surface area (Å²) in [6, 6.07) is 6.55. The van der Waals surface area contributed by atoms with Crippen LogP contribution < -0.4 is 10.6 Å². The minimum atomic E-state index is -0.456. The van der Waals surface area contributed by atoms with Gasteiger partial charge in [-0.1, -0.05) is 31.0 Å². The Balaban J connectivity index is 1.61. The molecule has 1 fully saturated rings. The quantitative estimate of drug-likeness (QED) is 0.779. The summed E-state index contributed by atoms with van der Waals surface area (Å²) >= 11 is 0. The summed E-state index contributed by atoms with van der Waals surface area (Å²) in [5.41, 5.74) is 3.63. The number of fused-ring (bicyclic) bond motifs is 1. The lowest BCUT2D eigenvalue weighted by Gasteiger charge is -2.24. The van der Waals surface area contributed by atoms with E-state index in [2.05, 4.69) is 28.8 Å². The molecule has 3 rings (SSSR count). The van der Waals surface area contributed by atoms with Gasteiger partial charge >= 0.3 is 0 Å². The van der Waals surface area contributed by atoms with Crippen LogP contribution in [0.15, 0.2) is 18.2 Å². The maximum atomic E-state index is 10.3. The topological polar surface area (TPSA) is 44.3 Å². The number of benzene rings is 1. The van der Waals surface area contributed by atoms with Crippen LogP contribution in [0.3, 0.4) is 0 Å². The molecule has 0 bridgehead atoms. The molecule has 1 saturated carbocycles. The fourth-order valence-corrected chi connectivity index (χ4v) is 3.37. The maximum absolute atomic E-state index is 10.3. The van der Waals surface area contributed by atoms with Gasteiger partial charge in [0.25, 0.3) is 0 Å². The van der Waals surface area contributed by atoms with Gasteiger partial charge in [0.05, 0.1) is 5.60 Å². The van der Waals surface area contributed by atoms with Gasteiger partial charge in [0, 0.05) is 25.3 Å². The summed E-state index contributed by atoms with van der Waals surface area (Å²) in [7, 11) is 0. The average Bonchev–Trinajstić information content (AvgIpc) is 2.86. The van der Waals surface area contributed by atoms with Crippen molar-refractivity contribution in [1.82, 2.24) is 5.32 Å². The van der Waals surface area contributed by atoms with Crippen LogP contribution >= 0.6 is 0 Å². The smallest absolute Gasteiger partial charge is 0.0771 e. The van der Waals surface area contributed by atoms with Gasteiger partial charge in [-0.2, -0.15) is 0 Å². The number of rotatable bonds is 4. The second kappa shape index (κ2) is 5.51. The van der Waals surface area contributed by atoms with Crippen molar-refractivity contribution in [3.63, 3.8) is 0 Å². The fourth-order valence-electron chi connectivity index (χ4n) is 3.37. The van der Waals surface area contributed by atoms with Crippen molar-refractivity contribution in [3.8, 4) is 0 Å². The lowest BCUT2D eigenvalue weighted by Crippen LogP contribution is -2.37. The molecule has 19 heavy (non-hydrogen) atoms. The molecule has 0 saturated heterocycles. The van der Waals surface area contributed by atoms with E-state index in [9.17, 15) is 5.11 Å². The molecule has 0 atom stereocenters. The first-order valence-corrected chi connectivity index (χ1v) is 7.55. The number of para-hydroxylation sites is 1. The van der Waals surface area contributed by atoms with E-state index in [1.54, 1.807) is 0 Å². The predicted octanol–water partition coefficient (Wildman–Crippen LogP) is 2.44. The fraction of sp³-hybridized carbons (Fsp3) is 0.625. The molecular formula is C16H24N2O. The molecule has 2 aliphatic rings. The van der Waals surface area contributed by atoms with Crippen molar-refractivity contribution in [2.24, 2.45) is 0 Å². The first kappa shape index (κ1) is 12.9. The van der Waals surface area contributed by atoms with E-state index in [-0.39, 0.29) is 0 Å². The lowest BCUT2D eigenvalue weighted by atomic mass is 9.99. The molecule has 3 heteroatoms. The zero-order valence-electron chi connectivity index (χ0n) is 11.5. The van der Waals surface area contributed by atoms with Gasteiger partial charge in [-0.3, -0.25) is 0 Å². The van der Waals surface area contributed by atoms with Crippen molar-refractivity contribution in [1.29, 1.82) is 0 Å². The third-order valence-electron chi connectivity index (χ3n) is 4.47. The number of aliphatic hydroxyl groups is 1. The van der Waals surface area contributed by atoms with E-state index >= 15 is 0 Å². The Morgan fingerprint density at radius 3 is 2.89 bits per heavy atom. The zero-order valence-corrected chi connectivity index (χ0v) is 11.5. The van der Waals surface area contributed by atoms with E-state index in [0.29, 0.717) is 0 Å².